The number of benzene rings is 1. The molecule has 0 aliphatic carbocycles. The van der Waals surface area contributed by atoms with Crippen LogP contribution in [0.25, 0.3) is 0 Å². The van der Waals surface area contributed by atoms with Crippen molar-refractivity contribution in [3.05, 3.63) is 41.7 Å². The van der Waals surface area contributed by atoms with Gasteiger partial charge in [-0.05, 0) is 38.0 Å². The zero-order valence-electron chi connectivity index (χ0n) is 12.6. The van der Waals surface area contributed by atoms with Crippen LogP contribution < -0.4 is 10.2 Å². The van der Waals surface area contributed by atoms with Crippen molar-refractivity contribution < 1.29 is 0 Å². The zero-order valence-corrected chi connectivity index (χ0v) is 12.6. The van der Waals surface area contributed by atoms with E-state index in [2.05, 4.69) is 65.2 Å². The normalized spacial score (nSPS) is 10.4. The van der Waals surface area contributed by atoms with Gasteiger partial charge in [0.05, 0.1) is 0 Å². The van der Waals surface area contributed by atoms with Gasteiger partial charge in [-0.1, -0.05) is 19.1 Å². The Morgan fingerprint density at radius 3 is 2.70 bits per heavy atom. The van der Waals surface area contributed by atoms with Crippen LogP contribution in [-0.4, -0.2) is 23.6 Å². The molecule has 0 amide bonds. The van der Waals surface area contributed by atoms with E-state index in [0.717, 1.165) is 35.9 Å². The number of hydrogen-bond donors (Lipinski definition) is 1. The summed E-state index contributed by atoms with van der Waals surface area (Å²) in [7, 11) is 2.04. The van der Waals surface area contributed by atoms with Crippen molar-refractivity contribution in [2.45, 2.75) is 27.2 Å². The van der Waals surface area contributed by atoms with Gasteiger partial charge in [0.1, 0.15) is 18.0 Å². The Hall–Kier alpha value is -2.10. The molecular formula is C16H22N4. The molecule has 1 N–H and O–H groups in total. The molecule has 2 rings (SSSR count). The fourth-order valence-electron chi connectivity index (χ4n) is 2.16. The lowest BCUT2D eigenvalue weighted by Gasteiger charge is -2.21. The third-order valence-electron chi connectivity index (χ3n) is 3.31. The fraction of sp³-hybridized carbons (Fsp3) is 0.375. The van der Waals surface area contributed by atoms with Gasteiger partial charge in [-0.15, -0.1) is 0 Å². The monoisotopic (exact) mass is 270 g/mol. The lowest BCUT2D eigenvalue weighted by atomic mass is 10.2. The summed E-state index contributed by atoms with van der Waals surface area (Å²) in [6, 6.07) is 8.40. The van der Waals surface area contributed by atoms with E-state index in [0.29, 0.717) is 0 Å². The Balaban J connectivity index is 2.32. The van der Waals surface area contributed by atoms with Crippen molar-refractivity contribution in [2.75, 3.05) is 23.8 Å². The second kappa shape index (κ2) is 6.37. The highest BCUT2D eigenvalue weighted by Crippen LogP contribution is 2.27. The molecule has 0 saturated carbocycles. The van der Waals surface area contributed by atoms with Crippen LogP contribution in [0.15, 0.2) is 30.6 Å². The van der Waals surface area contributed by atoms with Gasteiger partial charge < -0.3 is 10.2 Å². The molecule has 1 heterocycles. The quantitative estimate of drug-likeness (QED) is 0.899. The van der Waals surface area contributed by atoms with Gasteiger partial charge >= 0.3 is 0 Å². The van der Waals surface area contributed by atoms with Crippen LogP contribution >= 0.6 is 0 Å². The van der Waals surface area contributed by atoms with E-state index in [1.807, 2.05) is 7.05 Å². The molecule has 20 heavy (non-hydrogen) atoms. The Kier molecular flexibility index (Phi) is 4.56. The van der Waals surface area contributed by atoms with Gasteiger partial charge in [0, 0.05) is 24.8 Å². The average Bonchev–Trinajstić information content (AvgIpc) is 2.45. The molecule has 0 aliphatic heterocycles. The summed E-state index contributed by atoms with van der Waals surface area (Å²) < 4.78 is 0. The first-order valence-electron chi connectivity index (χ1n) is 6.99. The van der Waals surface area contributed by atoms with E-state index in [4.69, 9.17) is 0 Å². The van der Waals surface area contributed by atoms with Crippen LogP contribution in [0.4, 0.5) is 17.3 Å². The fourth-order valence-corrected chi connectivity index (χ4v) is 2.16. The molecule has 0 radical (unpaired) electrons. The minimum absolute atomic E-state index is 0.913. The number of hydrogen-bond acceptors (Lipinski definition) is 4. The van der Waals surface area contributed by atoms with Crippen molar-refractivity contribution in [3.8, 4) is 0 Å². The molecule has 2 aromatic rings. The van der Waals surface area contributed by atoms with Crippen molar-refractivity contribution in [3.63, 3.8) is 0 Å². The van der Waals surface area contributed by atoms with Crippen LogP contribution in [0.1, 0.15) is 24.5 Å². The number of aromatic nitrogens is 2. The summed E-state index contributed by atoms with van der Waals surface area (Å²) in [5.41, 5.74) is 3.45. The second-order valence-electron chi connectivity index (χ2n) is 5.00. The molecule has 0 fully saturated rings. The highest BCUT2D eigenvalue weighted by Gasteiger charge is 2.12. The number of nitrogens with zero attached hydrogens (tertiary/aromatic N) is 3. The summed E-state index contributed by atoms with van der Waals surface area (Å²) >= 11 is 0. The van der Waals surface area contributed by atoms with Crippen molar-refractivity contribution >= 4 is 17.3 Å². The van der Waals surface area contributed by atoms with Crippen LogP contribution in [0, 0.1) is 13.8 Å². The molecule has 0 saturated heterocycles. The third-order valence-corrected chi connectivity index (χ3v) is 3.31. The minimum Gasteiger partial charge on any atom is -0.370 e. The number of anilines is 3. The molecule has 0 spiro atoms. The Bertz CT molecular complexity index is 580. The lowest BCUT2D eigenvalue weighted by molar-refractivity contribution is 0.954. The van der Waals surface area contributed by atoms with Crippen molar-refractivity contribution in [1.29, 1.82) is 0 Å². The number of rotatable bonds is 5. The highest BCUT2D eigenvalue weighted by atomic mass is 15.2. The van der Waals surface area contributed by atoms with Gasteiger partial charge in [0.2, 0.25) is 0 Å². The van der Waals surface area contributed by atoms with Crippen LogP contribution in [-0.2, 0) is 0 Å². The first kappa shape index (κ1) is 14.3. The first-order chi connectivity index (χ1) is 9.63. The van der Waals surface area contributed by atoms with Gasteiger partial charge in [0.25, 0.3) is 0 Å². The van der Waals surface area contributed by atoms with E-state index >= 15 is 0 Å². The molecule has 0 unspecified atom stereocenters. The van der Waals surface area contributed by atoms with E-state index in [1.54, 1.807) is 6.33 Å². The summed E-state index contributed by atoms with van der Waals surface area (Å²) in [6.45, 7) is 7.22. The second-order valence-corrected chi connectivity index (χ2v) is 5.00. The predicted octanol–water partition coefficient (Wildman–Crippen LogP) is 3.68. The van der Waals surface area contributed by atoms with Crippen LogP contribution in [0.2, 0.25) is 0 Å². The summed E-state index contributed by atoms with van der Waals surface area (Å²) in [5, 5.41) is 3.34. The summed E-state index contributed by atoms with van der Waals surface area (Å²) in [5.74, 6) is 1.85. The number of aryl methyl sites for hydroxylation is 1. The van der Waals surface area contributed by atoms with Gasteiger partial charge in [-0.2, -0.15) is 0 Å². The standard InChI is InChI=1S/C16H22N4/c1-5-9-17-15-13(3)16(19-11-18-15)20(4)14-8-6-7-12(2)10-14/h6-8,10-11H,5,9H2,1-4H3,(H,17,18,19). The zero-order chi connectivity index (χ0) is 14.5. The maximum absolute atomic E-state index is 4.43. The summed E-state index contributed by atoms with van der Waals surface area (Å²) in [4.78, 5) is 10.8. The van der Waals surface area contributed by atoms with Crippen LogP contribution in [0.5, 0.6) is 0 Å². The van der Waals surface area contributed by atoms with E-state index < -0.39 is 0 Å². The smallest absolute Gasteiger partial charge is 0.141 e. The summed E-state index contributed by atoms with van der Waals surface area (Å²) in [6.07, 6.45) is 2.69. The molecule has 4 nitrogen and oxygen atoms in total. The van der Waals surface area contributed by atoms with Gasteiger partial charge in [0.15, 0.2) is 0 Å². The van der Waals surface area contributed by atoms with E-state index in [-0.39, 0.29) is 0 Å². The van der Waals surface area contributed by atoms with E-state index in [9.17, 15) is 0 Å². The molecule has 0 aliphatic rings. The molecule has 106 valence electrons. The van der Waals surface area contributed by atoms with E-state index in [1.165, 1.54) is 5.56 Å². The lowest BCUT2D eigenvalue weighted by Crippen LogP contribution is -2.15. The predicted molar refractivity (Wildman–Crippen MR) is 84.8 cm³/mol. The topological polar surface area (TPSA) is 41.1 Å². The van der Waals surface area contributed by atoms with Crippen molar-refractivity contribution in [2.24, 2.45) is 0 Å². The Labute approximate surface area is 120 Å². The highest BCUT2D eigenvalue weighted by molar-refractivity contribution is 5.66. The molecule has 4 heteroatoms. The van der Waals surface area contributed by atoms with Crippen LogP contribution in [0.3, 0.4) is 0 Å². The average molecular weight is 270 g/mol. The van der Waals surface area contributed by atoms with Gasteiger partial charge in [-0.3, -0.25) is 0 Å². The van der Waals surface area contributed by atoms with Gasteiger partial charge in [-0.25, -0.2) is 9.97 Å². The maximum atomic E-state index is 4.43. The first-order valence-corrected chi connectivity index (χ1v) is 6.99. The molecular weight excluding hydrogens is 248 g/mol. The largest absolute Gasteiger partial charge is 0.370 e. The molecule has 1 aromatic heterocycles. The minimum atomic E-state index is 0.913. The maximum Gasteiger partial charge on any atom is 0.141 e. The third kappa shape index (κ3) is 3.07. The molecule has 1 aromatic carbocycles. The Morgan fingerprint density at radius 2 is 2.00 bits per heavy atom. The molecule has 0 atom stereocenters. The molecule has 0 bridgehead atoms. The Morgan fingerprint density at radius 1 is 1.20 bits per heavy atom. The van der Waals surface area contributed by atoms with Crippen molar-refractivity contribution in [1.82, 2.24) is 9.97 Å². The SMILES string of the molecule is CCCNc1ncnc(N(C)c2cccc(C)c2)c1C. The number of nitrogens with one attached hydrogen (secondary N) is 1.